The second kappa shape index (κ2) is 10.0. The first-order valence-corrected chi connectivity index (χ1v) is 12.8. The van der Waals surface area contributed by atoms with Crippen molar-refractivity contribution in [2.75, 3.05) is 31.1 Å². The van der Waals surface area contributed by atoms with Crippen LogP contribution in [0.15, 0.2) is 4.47 Å². The molecule has 0 saturated carbocycles. The number of halogens is 1. The normalized spacial score (nSPS) is 19.0. The average Bonchev–Trinajstić information content (AvgIpc) is 3.13. The summed E-state index contributed by atoms with van der Waals surface area (Å²) in [5.41, 5.74) is 2.26. The Hall–Kier alpha value is -1.87. The molecule has 1 amide bonds. The Morgan fingerprint density at radius 2 is 1.68 bits per heavy atom. The zero-order valence-corrected chi connectivity index (χ0v) is 23.0. The molecule has 1 N–H and O–H groups in total. The summed E-state index contributed by atoms with van der Waals surface area (Å²) in [5, 5.41) is 10.9. The maximum Gasteiger partial charge on any atom is 0.410 e. The van der Waals surface area contributed by atoms with Crippen molar-refractivity contribution >= 4 is 33.7 Å². The highest BCUT2D eigenvalue weighted by Gasteiger charge is 2.44. The van der Waals surface area contributed by atoms with Gasteiger partial charge in [0.2, 0.25) is 0 Å². The van der Waals surface area contributed by atoms with E-state index in [1.165, 1.54) is 0 Å². The molecule has 0 bridgehead atoms. The predicted molar refractivity (Wildman–Crippen MR) is 134 cm³/mol. The molecule has 8 nitrogen and oxygen atoms in total. The van der Waals surface area contributed by atoms with Crippen LogP contribution in [0.4, 0.5) is 10.5 Å². The van der Waals surface area contributed by atoms with E-state index in [4.69, 9.17) is 9.47 Å². The summed E-state index contributed by atoms with van der Waals surface area (Å²) in [5.74, 6) is -0.672. The van der Waals surface area contributed by atoms with Crippen LogP contribution in [0, 0.1) is 19.3 Å². The van der Waals surface area contributed by atoms with Crippen LogP contribution >= 0.6 is 15.9 Å². The topological polar surface area (TPSA) is 92.2 Å². The molecule has 2 fully saturated rings. The third kappa shape index (κ3) is 5.85. The summed E-state index contributed by atoms with van der Waals surface area (Å²) in [4.78, 5) is 33.7. The van der Waals surface area contributed by atoms with E-state index in [9.17, 15) is 14.7 Å². The molecular weight excluding hydrogens is 502 g/mol. The number of hydrogen-bond donors (Lipinski definition) is 1. The summed E-state index contributed by atoms with van der Waals surface area (Å²) < 4.78 is 11.6. The quantitative estimate of drug-likeness (QED) is 0.555. The van der Waals surface area contributed by atoms with Gasteiger partial charge in [0.25, 0.3) is 0 Å². The highest BCUT2D eigenvalue weighted by molar-refractivity contribution is 9.10. The fourth-order valence-corrected chi connectivity index (χ4v) is 5.46. The maximum atomic E-state index is 12.6. The Morgan fingerprint density at radius 1 is 1.09 bits per heavy atom. The van der Waals surface area contributed by atoms with Gasteiger partial charge in [-0.3, -0.25) is 4.98 Å². The first kappa shape index (κ1) is 26.7. The Bertz CT molecular complexity index is 935. The summed E-state index contributed by atoms with van der Waals surface area (Å²) in [6.07, 6.45) is 0.788. The number of anilines is 1. The van der Waals surface area contributed by atoms with Crippen molar-refractivity contribution in [1.82, 2.24) is 9.88 Å². The molecule has 3 heterocycles. The van der Waals surface area contributed by atoms with Crippen LogP contribution in [-0.2, 0) is 14.3 Å². The van der Waals surface area contributed by atoms with Gasteiger partial charge < -0.3 is 24.4 Å². The number of piperidine rings is 1. The molecule has 2 aliphatic heterocycles. The van der Waals surface area contributed by atoms with Crippen molar-refractivity contribution in [1.29, 1.82) is 0 Å². The predicted octanol–water partition coefficient (Wildman–Crippen LogP) is 4.67. The minimum atomic E-state index is -1.41. The van der Waals surface area contributed by atoms with E-state index >= 15 is 0 Å². The third-order valence-electron chi connectivity index (χ3n) is 6.58. The fraction of sp³-hybridized carbons (Fsp3) is 0.720. The molecule has 0 unspecified atom stereocenters. The largest absolute Gasteiger partial charge is 0.461 e. The number of ether oxygens (including phenoxy) is 2. The number of aliphatic hydroxyl groups is 1. The van der Waals surface area contributed by atoms with Gasteiger partial charge in [-0.2, -0.15) is 0 Å². The highest BCUT2D eigenvalue weighted by atomic mass is 79.9. The molecule has 190 valence electrons. The number of aryl methyl sites for hydroxylation is 2. The molecule has 34 heavy (non-hydrogen) atoms. The van der Waals surface area contributed by atoms with Crippen LogP contribution in [0.1, 0.15) is 76.9 Å². The van der Waals surface area contributed by atoms with Crippen LogP contribution in [0.25, 0.3) is 0 Å². The third-order valence-corrected chi connectivity index (χ3v) is 7.53. The number of nitrogens with zero attached hydrogens (tertiary/aromatic N) is 3. The summed E-state index contributed by atoms with van der Waals surface area (Å²) in [6, 6.07) is 0. The molecule has 1 spiro atoms. The Labute approximate surface area is 211 Å². The number of likely N-dealkylation sites (tertiary alicyclic amines) is 1. The van der Waals surface area contributed by atoms with E-state index in [1.807, 2.05) is 39.5 Å². The van der Waals surface area contributed by atoms with Crippen LogP contribution in [0.2, 0.25) is 0 Å². The molecule has 1 aromatic heterocycles. The highest BCUT2D eigenvalue weighted by Crippen LogP contribution is 2.45. The summed E-state index contributed by atoms with van der Waals surface area (Å²) >= 11 is 3.66. The van der Waals surface area contributed by atoms with Crippen molar-refractivity contribution in [2.45, 2.75) is 85.5 Å². The number of aliphatic hydroxyl groups excluding tert-OH is 1. The smallest absolute Gasteiger partial charge is 0.410 e. The monoisotopic (exact) mass is 539 g/mol. The lowest BCUT2D eigenvalue weighted by Crippen LogP contribution is -2.43. The van der Waals surface area contributed by atoms with Crippen molar-refractivity contribution in [3.05, 3.63) is 21.4 Å². The minimum Gasteiger partial charge on any atom is -0.461 e. The minimum absolute atomic E-state index is 0.0619. The SMILES string of the molecule is Cc1nc(C)c([C@H](O)C(=O)OC(C)C)c(N2CCC3(CCN(C(=O)OC(C)(C)C)C3)CC2)c1Br. The van der Waals surface area contributed by atoms with Gasteiger partial charge in [-0.15, -0.1) is 0 Å². The number of hydrogen-bond acceptors (Lipinski definition) is 7. The number of carbonyl (C=O) groups is 2. The maximum absolute atomic E-state index is 12.6. The Morgan fingerprint density at radius 3 is 2.24 bits per heavy atom. The standard InChI is InChI=1S/C25H38BrN3O5/c1-15(2)33-22(31)21(30)18-16(3)27-17(4)19(26)20(18)28-11-8-25(9-12-28)10-13-29(14-25)23(32)34-24(5,6)7/h15,21,30H,8-14H2,1-7H3/t21-/m0/s1. The van der Waals surface area contributed by atoms with Gasteiger partial charge in [0.15, 0.2) is 6.10 Å². The van der Waals surface area contributed by atoms with E-state index in [-0.39, 0.29) is 17.6 Å². The molecule has 9 heteroatoms. The zero-order chi connectivity index (χ0) is 25.4. The number of amides is 1. The molecule has 0 aliphatic carbocycles. The van der Waals surface area contributed by atoms with Crippen LogP contribution < -0.4 is 4.90 Å². The lowest BCUT2D eigenvalue weighted by Gasteiger charge is -2.41. The second-order valence-electron chi connectivity index (χ2n) is 10.9. The average molecular weight is 540 g/mol. The van der Waals surface area contributed by atoms with E-state index in [0.717, 1.165) is 48.2 Å². The van der Waals surface area contributed by atoms with E-state index in [1.54, 1.807) is 13.8 Å². The van der Waals surface area contributed by atoms with Gasteiger partial charge in [0.05, 0.1) is 22.0 Å². The first-order valence-electron chi connectivity index (χ1n) is 12.0. The zero-order valence-electron chi connectivity index (χ0n) is 21.4. The number of carbonyl (C=O) groups excluding carboxylic acids is 2. The molecule has 1 atom stereocenters. The van der Waals surface area contributed by atoms with Crippen LogP contribution in [0.3, 0.4) is 0 Å². The molecule has 0 aromatic carbocycles. The summed E-state index contributed by atoms with van der Waals surface area (Å²) in [7, 11) is 0. The molecule has 0 radical (unpaired) electrons. The second-order valence-corrected chi connectivity index (χ2v) is 11.7. The molecule has 1 aromatic rings. The van der Waals surface area contributed by atoms with Crippen molar-refractivity contribution in [3.8, 4) is 0 Å². The number of esters is 1. The van der Waals surface area contributed by atoms with Gasteiger partial charge in [-0.25, -0.2) is 9.59 Å². The Kier molecular flexibility index (Phi) is 7.87. The van der Waals surface area contributed by atoms with Gasteiger partial charge in [0, 0.05) is 37.4 Å². The van der Waals surface area contributed by atoms with Crippen LogP contribution in [-0.4, -0.2) is 64.9 Å². The lowest BCUT2D eigenvalue weighted by molar-refractivity contribution is -0.157. The van der Waals surface area contributed by atoms with Gasteiger partial charge in [-0.05, 0) is 89.1 Å². The fourth-order valence-electron chi connectivity index (χ4n) is 4.90. The van der Waals surface area contributed by atoms with E-state index in [2.05, 4.69) is 25.8 Å². The van der Waals surface area contributed by atoms with Crippen LogP contribution in [0.5, 0.6) is 0 Å². The van der Waals surface area contributed by atoms with E-state index in [0.29, 0.717) is 24.3 Å². The molecule has 2 saturated heterocycles. The molecule has 3 rings (SSSR count). The van der Waals surface area contributed by atoms with Crippen molar-refractivity contribution in [3.63, 3.8) is 0 Å². The number of aromatic nitrogens is 1. The Balaban J connectivity index is 1.79. The van der Waals surface area contributed by atoms with Crippen molar-refractivity contribution in [2.24, 2.45) is 5.41 Å². The molecular formula is C25H38BrN3O5. The number of pyridine rings is 1. The van der Waals surface area contributed by atoms with Gasteiger partial charge >= 0.3 is 12.1 Å². The first-order chi connectivity index (χ1) is 15.7. The molecule has 2 aliphatic rings. The number of rotatable bonds is 4. The van der Waals surface area contributed by atoms with E-state index < -0.39 is 17.7 Å². The lowest BCUT2D eigenvalue weighted by atomic mass is 9.77. The van der Waals surface area contributed by atoms with Gasteiger partial charge in [0.1, 0.15) is 5.60 Å². The summed E-state index contributed by atoms with van der Waals surface area (Å²) in [6.45, 7) is 15.8. The van der Waals surface area contributed by atoms with Gasteiger partial charge in [-0.1, -0.05) is 0 Å². The van der Waals surface area contributed by atoms with Crippen molar-refractivity contribution < 1.29 is 24.2 Å².